The van der Waals surface area contributed by atoms with E-state index in [4.69, 9.17) is 9.72 Å². The second-order valence-corrected chi connectivity index (χ2v) is 12.6. The van der Waals surface area contributed by atoms with E-state index in [0.29, 0.717) is 56.2 Å². The second kappa shape index (κ2) is 11.2. The maximum atomic E-state index is 12.5. The van der Waals surface area contributed by atoms with Gasteiger partial charge < -0.3 is 24.3 Å². The molecule has 3 aliphatic heterocycles. The fourth-order valence-electron chi connectivity index (χ4n) is 7.35. The van der Waals surface area contributed by atoms with Crippen molar-refractivity contribution in [3.8, 4) is 11.9 Å². The number of benzene rings is 1. The number of H-pyrrole nitrogens is 1. The summed E-state index contributed by atoms with van der Waals surface area (Å²) in [6, 6.07) is 7.21. The average molecular weight is 581 g/mol. The van der Waals surface area contributed by atoms with Gasteiger partial charge >= 0.3 is 0 Å². The predicted octanol–water partition coefficient (Wildman–Crippen LogP) is 3.97. The number of carbonyl (C=O) groups excluding carboxylic acids is 1. The number of amides is 1. The van der Waals surface area contributed by atoms with Gasteiger partial charge in [0.1, 0.15) is 18.2 Å². The molecule has 10 nitrogen and oxygen atoms in total. The normalized spacial score (nSPS) is 22.5. The Balaban J connectivity index is 1.28. The summed E-state index contributed by atoms with van der Waals surface area (Å²) < 4.78 is 6.44. The summed E-state index contributed by atoms with van der Waals surface area (Å²) in [5, 5.41) is 19.2. The highest BCUT2D eigenvalue weighted by Crippen LogP contribution is 2.48. The summed E-state index contributed by atoms with van der Waals surface area (Å²) in [6.07, 6.45) is 8.79. The van der Waals surface area contributed by atoms with E-state index < -0.39 is 0 Å². The van der Waals surface area contributed by atoms with Gasteiger partial charge in [-0.15, -0.1) is 0 Å². The van der Waals surface area contributed by atoms with Crippen LogP contribution in [0.1, 0.15) is 60.9 Å². The van der Waals surface area contributed by atoms with E-state index in [-0.39, 0.29) is 11.9 Å². The Morgan fingerprint density at radius 1 is 1.19 bits per heavy atom. The standard InChI is InChI=1S/C33H40N8O2/c1-4-30(42)41-15-14-40(18-21(41)2)32-25-11-13-39(31-24(22-7-8-22)9-10-28-27(31)17-35-37-28)19-29(25)36-33(26(32)16-34)43-20-23-6-5-12-38(23)3/h4,9-10,17,21-23H,1,5-8,11-15,18-20H2,2-3H3,(H,35,37)/t21-,23+/m1/s1. The van der Waals surface area contributed by atoms with Crippen molar-refractivity contribution in [1.82, 2.24) is 25.0 Å². The number of nitriles is 1. The first-order chi connectivity index (χ1) is 21.0. The van der Waals surface area contributed by atoms with E-state index >= 15 is 0 Å². The Morgan fingerprint density at radius 2 is 2.05 bits per heavy atom. The Morgan fingerprint density at radius 3 is 2.77 bits per heavy atom. The van der Waals surface area contributed by atoms with E-state index in [1.54, 1.807) is 0 Å². The topological polar surface area (TPSA) is 105 Å². The maximum Gasteiger partial charge on any atom is 0.246 e. The molecule has 0 spiro atoms. The molecule has 2 atom stereocenters. The van der Waals surface area contributed by atoms with Gasteiger partial charge in [0.2, 0.25) is 11.8 Å². The summed E-state index contributed by atoms with van der Waals surface area (Å²) in [6.45, 7) is 10.6. The molecule has 10 heteroatoms. The van der Waals surface area contributed by atoms with Gasteiger partial charge in [0, 0.05) is 49.2 Å². The van der Waals surface area contributed by atoms with E-state index in [9.17, 15) is 10.1 Å². The summed E-state index contributed by atoms with van der Waals surface area (Å²) in [4.78, 5) is 26.5. The Bertz CT molecular complexity index is 1600. The van der Waals surface area contributed by atoms with E-state index in [0.717, 1.165) is 60.2 Å². The lowest BCUT2D eigenvalue weighted by atomic mass is 9.95. The van der Waals surface area contributed by atoms with Crippen molar-refractivity contribution in [3.63, 3.8) is 0 Å². The number of fused-ring (bicyclic) bond motifs is 2. The van der Waals surface area contributed by atoms with Gasteiger partial charge in [-0.1, -0.05) is 12.6 Å². The number of rotatable bonds is 7. The number of hydrogen-bond donors (Lipinski definition) is 1. The van der Waals surface area contributed by atoms with Crippen LogP contribution >= 0.6 is 0 Å². The molecular weight excluding hydrogens is 540 g/mol. The van der Waals surface area contributed by atoms with Crippen LogP contribution < -0.4 is 14.5 Å². The summed E-state index contributed by atoms with van der Waals surface area (Å²) >= 11 is 0. The number of nitrogens with one attached hydrogen (secondary N) is 1. The molecule has 5 heterocycles. The van der Waals surface area contributed by atoms with Gasteiger partial charge in [0.15, 0.2) is 0 Å². The Kier molecular flexibility index (Phi) is 7.21. The molecule has 1 amide bonds. The number of nitrogens with zero attached hydrogens (tertiary/aromatic N) is 7. The summed E-state index contributed by atoms with van der Waals surface area (Å²) in [5.41, 5.74) is 7.23. The first kappa shape index (κ1) is 27.7. The van der Waals surface area contributed by atoms with Crippen molar-refractivity contribution in [2.45, 2.75) is 63.6 Å². The number of likely N-dealkylation sites (tertiary alicyclic amines) is 1. The quantitative estimate of drug-likeness (QED) is 0.419. The van der Waals surface area contributed by atoms with Gasteiger partial charge in [-0.3, -0.25) is 9.89 Å². The molecule has 224 valence electrons. The SMILES string of the molecule is C=CC(=O)N1CCN(c2c(C#N)c(OC[C@@H]3CCCN3C)nc3c2CCN(c2c(C4CC4)ccc4[nH]ncc24)C3)C[C@H]1C. The van der Waals surface area contributed by atoms with Crippen LogP contribution in [0.4, 0.5) is 11.4 Å². The fraction of sp³-hybridized carbons (Fsp3) is 0.515. The van der Waals surface area contributed by atoms with E-state index in [1.165, 1.54) is 30.2 Å². The molecule has 2 aromatic heterocycles. The highest BCUT2D eigenvalue weighted by atomic mass is 16.5. The van der Waals surface area contributed by atoms with Crippen LogP contribution in [0, 0.1) is 11.3 Å². The Hall–Kier alpha value is -4.10. The molecule has 2 saturated heterocycles. The molecule has 7 rings (SSSR count). The van der Waals surface area contributed by atoms with Crippen molar-refractivity contribution >= 4 is 28.2 Å². The van der Waals surface area contributed by atoms with Gasteiger partial charge in [-0.25, -0.2) is 4.98 Å². The zero-order valence-corrected chi connectivity index (χ0v) is 25.2. The number of piperazine rings is 1. The van der Waals surface area contributed by atoms with Crippen LogP contribution in [-0.4, -0.2) is 89.4 Å². The largest absolute Gasteiger partial charge is 0.475 e. The minimum absolute atomic E-state index is 0.00834. The first-order valence-electron chi connectivity index (χ1n) is 15.6. The number of hydrogen-bond acceptors (Lipinski definition) is 8. The fourth-order valence-corrected chi connectivity index (χ4v) is 7.35. The molecule has 4 aliphatic rings. The lowest BCUT2D eigenvalue weighted by molar-refractivity contribution is -0.128. The number of pyridine rings is 1. The number of ether oxygens (including phenoxy) is 1. The highest BCUT2D eigenvalue weighted by Gasteiger charge is 2.36. The zero-order valence-electron chi connectivity index (χ0n) is 25.2. The van der Waals surface area contributed by atoms with Crippen LogP contribution in [0.3, 0.4) is 0 Å². The first-order valence-corrected chi connectivity index (χ1v) is 15.6. The van der Waals surface area contributed by atoms with Gasteiger partial charge in [-0.2, -0.15) is 10.4 Å². The highest BCUT2D eigenvalue weighted by molar-refractivity contribution is 5.94. The summed E-state index contributed by atoms with van der Waals surface area (Å²) in [5.74, 6) is 0.975. The lowest BCUT2D eigenvalue weighted by Gasteiger charge is -2.42. The zero-order chi connectivity index (χ0) is 29.7. The molecule has 1 aliphatic carbocycles. The third kappa shape index (κ3) is 4.99. The van der Waals surface area contributed by atoms with Crippen molar-refractivity contribution in [1.29, 1.82) is 5.26 Å². The van der Waals surface area contributed by atoms with Crippen LogP contribution in [0.25, 0.3) is 10.9 Å². The van der Waals surface area contributed by atoms with Crippen LogP contribution in [-0.2, 0) is 17.8 Å². The molecule has 1 N–H and O–H groups in total. The number of likely N-dealkylation sites (N-methyl/N-ethyl adjacent to an activating group) is 1. The number of anilines is 2. The molecule has 0 radical (unpaired) electrons. The number of aromatic nitrogens is 3. The smallest absolute Gasteiger partial charge is 0.246 e. The molecule has 1 aromatic carbocycles. The Labute approximate surface area is 252 Å². The van der Waals surface area contributed by atoms with E-state index in [1.807, 2.05) is 11.1 Å². The molecule has 0 unspecified atom stereocenters. The molecular formula is C33H40N8O2. The minimum atomic E-state index is -0.0512. The van der Waals surface area contributed by atoms with Crippen molar-refractivity contribution in [2.24, 2.45) is 0 Å². The average Bonchev–Trinajstić information content (AvgIpc) is 3.61. The predicted molar refractivity (Wildman–Crippen MR) is 167 cm³/mol. The van der Waals surface area contributed by atoms with Gasteiger partial charge in [-0.05, 0) is 76.2 Å². The van der Waals surface area contributed by atoms with Gasteiger partial charge in [0.05, 0.1) is 35.3 Å². The maximum absolute atomic E-state index is 12.5. The van der Waals surface area contributed by atoms with Gasteiger partial charge in [0.25, 0.3) is 0 Å². The van der Waals surface area contributed by atoms with Crippen LogP contribution in [0.5, 0.6) is 5.88 Å². The van der Waals surface area contributed by atoms with E-state index in [2.05, 4.69) is 63.6 Å². The number of carbonyl (C=O) groups is 1. The van der Waals surface area contributed by atoms with Crippen molar-refractivity contribution in [3.05, 3.63) is 53.4 Å². The molecule has 43 heavy (non-hydrogen) atoms. The second-order valence-electron chi connectivity index (χ2n) is 12.6. The number of aromatic amines is 1. The molecule has 3 fully saturated rings. The van der Waals surface area contributed by atoms with Crippen LogP contribution in [0.15, 0.2) is 31.0 Å². The lowest BCUT2D eigenvalue weighted by Crippen LogP contribution is -2.54. The third-order valence-electron chi connectivity index (χ3n) is 9.85. The molecule has 3 aromatic rings. The molecule has 1 saturated carbocycles. The minimum Gasteiger partial charge on any atom is -0.475 e. The molecule has 0 bridgehead atoms. The monoisotopic (exact) mass is 580 g/mol. The summed E-state index contributed by atoms with van der Waals surface area (Å²) in [7, 11) is 2.13. The van der Waals surface area contributed by atoms with Crippen molar-refractivity contribution in [2.75, 3.05) is 56.2 Å². The van der Waals surface area contributed by atoms with Crippen molar-refractivity contribution < 1.29 is 9.53 Å². The third-order valence-corrected chi connectivity index (χ3v) is 9.85. The van der Waals surface area contributed by atoms with Crippen LogP contribution in [0.2, 0.25) is 0 Å².